The molecule has 0 unspecified atom stereocenters. The fourth-order valence-corrected chi connectivity index (χ4v) is 2.53. The number of fused-ring (bicyclic) bond motifs is 2. The van der Waals surface area contributed by atoms with Crippen LogP contribution in [0.25, 0.3) is 27.4 Å². The van der Waals surface area contributed by atoms with Gasteiger partial charge >= 0.3 is 0 Å². The molecule has 0 fully saturated rings. The summed E-state index contributed by atoms with van der Waals surface area (Å²) in [5.41, 5.74) is 2.19. The van der Waals surface area contributed by atoms with E-state index in [4.69, 9.17) is 0 Å². The van der Waals surface area contributed by atoms with Gasteiger partial charge in [-0.05, 0) is 22.9 Å². The molecule has 0 bridgehead atoms. The summed E-state index contributed by atoms with van der Waals surface area (Å²) in [4.78, 5) is 4.41. The lowest BCUT2D eigenvalue weighted by molar-refractivity contribution is 1.10. The summed E-state index contributed by atoms with van der Waals surface area (Å²) in [5, 5.41) is 3.68. The van der Waals surface area contributed by atoms with Crippen LogP contribution in [0.1, 0.15) is 0 Å². The molecule has 0 radical (unpaired) electrons. The quantitative estimate of drug-likeness (QED) is 0.491. The summed E-state index contributed by atoms with van der Waals surface area (Å²) < 4.78 is 2.18. The average Bonchev–Trinajstić information content (AvgIpc) is 2.90. The number of hydrogen-bond donors (Lipinski definition) is 0. The number of para-hydroxylation sites is 1. The van der Waals surface area contributed by atoms with Crippen LogP contribution >= 0.6 is 0 Å². The molecular formula is C17H12N2. The first-order chi connectivity index (χ1) is 9.42. The minimum atomic E-state index is 1.03. The minimum absolute atomic E-state index is 1.03. The van der Waals surface area contributed by atoms with Gasteiger partial charge in [-0.15, -0.1) is 0 Å². The standard InChI is InChI=1S/C17H12N2/c1-2-6-14-12-19(11-13(14)5-1)17-9-10-18-16-8-4-3-7-15(16)17/h1-12H. The Morgan fingerprint density at radius 2 is 1.42 bits per heavy atom. The number of nitrogens with zero attached hydrogens (tertiary/aromatic N) is 2. The third-order valence-corrected chi connectivity index (χ3v) is 3.46. The first-order valence-electron chi connectivity index (χ1n) is 6.33. The average molecular weight is 244 g/mol. The highest BCUT2D eigenvalue weighted by atomic mass is 15.0. The molecule has 4 aromatic rings. The van der Waals surface area contributed by atoms with Gasteiger partial charge in [-0.2, -0.15) is 0 Å². The molecule has 19 heavy (non-hydrogen) atoms. The Morgan fingerprint density at radius 1 is 0.737 bits per heavy atom. The Bertz CT molecular complexity index is 836. The van der Waals surface area contributed by atoms with Crippen molar-refractivity contribution in [1.29, 1.82) is 0 Å². The summed E-state index contributed by atoms with van der Waals surface area (Å²) >= 11 is 0. The molecule has 0 aliphatic heterocycles. The van der Waals surface area contributed by atoms with Crippen molar-refractivity contribution in [2.75, 3.05) is 0 Å². The van der Waals surface area contributed by atoms with Crippen molar-refractivity contribution in [1.82, 2.24) is 9.55 Å². The second kappa shape index (κ2) is 3.95. The van der Waals surface area contributed by atoms with E-state index in [1.807, 2.05) is 18.3 Å². The molecule has 0 amide bonds. The maximum atomic E-state index is 4.41. The van der Waals surface area contributed by atoms with E-state index in [1.54, 1.807) is 0 Å². The number of benzene rings is 2. The second-order valence-corrected chi connectivity index (χ2v) is 4.64. The van der Waals surface area contributed by atoms with E-state index in [2.05, 4.69) is 64.4 Å². The fourth-order valence-electron chi connectivity index (χ4n) is 2.53. The first-order valence-corrected chi connectivity index (χ1v) is 6.33. The summed E-state index contributed by atoms with van der Waals surface area (Å²) in [6.07, 6.45) is 6.19. The van der Waals surface area contributed by atoms with E-state index in [0.717, 1.165) is 5.52 Å². The van der Waals surface area contributed by atoms with Gasteiger partial charge in [0.25, 0.3) is 0 Å². The van der Waals surface area contributed by atoms with Crippen LogP contribution in [0.2, 0.25) is 0 Å². The van der Waals surface area contributed by atoms with Gasteiger partial charge in [-0.3, -0.25) is 4.98 Å². The van der Waals surface area contributed by atoms with Gasteiger partial charge in [-0.25, -0.2) is 0 Å². The second-order valence-electron chi connectivity index (χ2n) is 4.64. The Balaban J connectivity index is 2.03. The van der Waals surface area contributed by atoms with Crippen molar-refractivity contribution >= 4 is 21.7 Å². The van der Waals surface area contributed by atoms with Gasteiger partial charge in [0.15, 0.2) is 0 Å². The minimum Gasteiger partial charge on any atom is -0.322 e. The topological polar surface area (TPSA) is 17.8 Å². The molecule has 2 nitrogen and oxygen atoms in total. The van der Waals surface area contributed by atoms with Crippen LogP contribution in [0.3, 0.4) is 0 Å². The van der Waals surface area contributed by atoms with Crippen LogP contribution in [0.15, 0.2) is 73.2 Å². The normalized spacial score (nSPS) is 11.2. The van der Waals surface area contributed by atoms with Gasteiger partial charge in [0, 0.05) is 24.0 Å². The number of pyridine rings is 1. The summed E-state index contributed by atoms with van der Waals surface area (Å²) in [6.45, 7) is 0. The lowest BCUT2D eigenvalue weighted by atomic mass is 10.2. The van der Waals surface area contributed by atoms with E-state index >= 15 is 0 Å². The zero-order valence-electron chi connectivity index (χ0n) is 10.3. The largest absolute Gasteiger partial charge is 0.322 e. The highest BCUT2D eigenvalue weighted by Gasteiger charge is 2.04. The van der Waals surface area contributed by atoms with Crippen molar-refractivity contribution in [3.05, 3.63) is 73.2 Å². The predicted molar refractivity (Wildman–Crippen MR) is 78.6 cm³/mol. The molecule has 0 aliphatic rings. The molecule has 0 atom stereocenters. The third-order valence-electron chi connectivity index (χ3n) is 3.46. The molecule has 0 saturated heterocycles. The van der Waals surface area contributed by atoms with Crippen molar-refractivity contribution in [2.45, 2.75) is 0 Å². The van der Waals surface area contributed by atoms with Crippen LogP contribution in [-0.4, -0.2) is 9.55 Å². The van der Waals surface area contributed by atoms with Crippen LogP contribution in [0.4, 0.5) is 0 Å². The van der Waals surface area contributed by atoms with Gasteiger partial charge in [0.2, 0.25) is 0 Å². The lowest BCUT2D eigenvalue weighted by Gasteiger charge is -2.06. The molecule has 2 heterocycles. The van der Waals surface area contributed by atoms with E-state index < -0.39 is 0 Å². The summed E-state index contributed by atoms with van der Waals surface area (Å²) in [7, 11) is 0. The first kappa shape index (κ1) is 10.3. The SMILES string of the molecule is c1ccc2cn(-c3ccnc4ccccc34)cc2c1. The van der Waals surface area contributed by atoms with Crippen LogP contribution in [0, 0.1) is 0 Å². The molecule has 2 aromatic carbocycles. The molecule has 90 valence electrons. The van der Waals surface area contributed by atoms with E-state index in [9.17, 15) is 0 Å². The lowest BCUT2D eigenvalue weighted by Crippen LogP contribution is -1.92. The van der Waals surface area contributed by atoms with Crippen LogP contribution < -0.4 is 0 Å². The summed E-state index contributed by atoms with van der Waals surface area (Å²) in [6, 6.07) is 18.7. The van der Waals surface area contributed by atoms with Gasteiger partial charge in [0.1, 0.15) is 0 Å². The number of hydrogen-bond acceptors (Lipinski definition) is 1. The molecule has 4 rings (SSSR count). The number of aromatic nitrogens is 2. The zero-order chi connectivity index (χ0) is 12.7. The fraction of sp³-hybridized carbons (Fsp3) is 0. The molecule has 0 aliphatic carbocycles. The van der Waals surface area contributed by atoms with Crippen LogP contribution in [-0.2, 0) is 0 Å². The molecule has 2 aromatic heterocycles. The van der Waals surface area contributed by atoms with Crippen molar-refractivity contribution in [3.8, 4) is 5.69 Å². The molecule has 0 N–H and O–H groups in total. The monoisotopic (exact) mass is 244 g/mol. The van der Waals surface area contributed by atoms with Crippen molar-refractivity contribution in [2.24, 2.45) is 0 Å². The van der Waals surface area contributed by atoms with Gasteiger partial charge < -0.3 is 4.57 Å². The Morgan fingerprint density at radius 3 is 2.21 bits per heavy atom. The smallest absolute Gasteiger partial charge is 0.0723 e. The van der Waals surface area contributed by atoms with Crippen molar-refractivity contribution in [3.63, 3.8) is 0 Å². The molecular weight excluding hydrogens is 232 g/mol. The van der Waals surface area contributed by atoms with E-state index in [1.165, 1.54) is 21.8 Å². The van der Waals surface area contributed by atoms with E-state index in [-0.39, 0.29) is 0 Å². The Kier molecular flexibility index (Phi) is 2.15. The van der Waals surface area contributed by atoms with Gasteiger partial charge in [-0.1, -0.05) is 42.5 Å². The highest BCUT2D eigenvalue weighted by Crippen LogP contribution is 2.23. The van der Waals surface area contributed by atoms with Crippen molar-refractivity contribution < 1.29 is 0 Å². The zero-order valence-corrected chi connectivity index (χ0v) is 10.3. The highest BCUT2D eigenvalue weighted by molar-refractivity contribution is 5.89. The van der Waals surface area contributed by atoms with Crippen LogP contribution in [0.5, 0.6) is 0 Å². The summed E-state index contributed by atoms with van der Waals surface area (Å²) in [5.74, 6) is 0. The maximum Gasteiger partial charge on any atom is 0.0723 e. The molecule has 0 spiro atoms. The van der Waals surface area contributed by atoms with E-state index in [0.29, 0.717) is 0 Å². The molecule has 0 saturated carbocycles. The predicted octanol–water partition coefficient (Wildman–Crippen LogP) is 4.18. The Labute approximate surface area is 110 Å². The Hall–Kier alpha value is -2.61. The number of rotatable bonds is 1. The molecule has 2 heteroatoms. The van der Waals surface area contributed by atoms with Gasteiger partial charge in [0.05, 0.1) is 11.2 Å². The maximum absolute atomic E-state index is 4.41. The third kappa shape index (κ3) is 1.61.